The molecule has 0 aliphatic rings. The zero-order valence-electron chi connectivity index (χ0n) is 17.7. The maximum absolute atomic E-state index is 12.1. The summed E-state index contributed by atoms with van der Waals surface area (Å²) < 4.78 is 25.4. The number of hydrogen-bond acceptors (Lipinski definition) is 5. The lowest BCUT2D eigenvalue weighted by molar-refractivity contribution is -0.119. The predicted molar refractivity (Wildman–Crippen MR) is 117 cm³/mol. The third-order valence-electron chi connectivity index (χ3n) is 4.50. The molecule has 2 rings (SSSR count). The minimum Gasteiger partial charge on any atom is -0.376 e. The van der Waals surface area contributed by atoms with Gasteiger partial charge in [-0.15, -0.1) is 0 Å². The lowest BCUT2D eigenvalue weighted by Gasteiger charge is -2.13. The summed E-state index contributed by atoms with van der Waals surface area (Å²) >= 11 is 0. The quantitative estimate of drug-likeness (QED) is 0.536. The monoisotopic (exact) mass is 416 g/mol. The first-order valence-corrected chi connectivity index (χ1v) is 10.6. The number of hydrogen-bond donors (Lipinski definition) is 2. The van der Waals surface area contributed by atoms with E-state index in [0.717, 1.165) is 26.7 Å². The van der Waals surface area contributed by atoms with Crippen LogP contribution >= 0.6 is 0 Å². The van der Waals surface area contributed by atoms with E-state index in [9.17, 15) is 13.2 Å². The number of aryl methyl sites for hydroxylation is 3. The van der Waals surface area contributed by atoms with Crippen molar-refractivity contribution in [3.8, 4) is 0 Å². The standard InChI is InChI=1S/C21H28N4O3S/c1-14-11-15(2)21(16(3)12-14)22-13-20(26)24-23-17(4)18-7-9-19(10-8-18)29(27,28)25(5)6/h7-12,22H,13H2,1-6H3,(H,24,26)/b23-17-. The van der Waals surface area contributed by atoms with Gasteiger partial charge in [-0.1, -0.05) is 29.8 Å². The normalized spacial score (nSPS) is 12.2. The minimum atomic E-state index is -3.47. The highest BCUT2D eigenvalue weighted by atomic mass is 32.2. The lowest BCUT2D eigenvalue weighted by atomic mass is 10.1. The second-order valence-electron chi connectivity index (χ2n) is 7.17. The number of rotatable bonds is 7. The van der Waals surface area contributed by atoms with Gasteiger partial charge in [-0.05, 0) is 56.5 Å². The number of carbonyl (C=O) groups is 1. The van der Waals surface area contributed by atoms with Crippen molar-refractivity contribution in [2.75, 3.05) is 26.0 Å². The number of benzene rings is 2. The van der Waals surface area contributed by atoms with Gasteiger partial charge in [-0.25, -0.2) is 18.1 Å². The van der Waals surface area contributed by atoms with Gasteiger partial charge in [0.15, 0.2) is 0 Å². The second kappa shape index (κ2) is 9.19. The number of nitrogens with one attached hydrogen (secondary N) is 2. The van der Waals surface area contributed by atoms with Crippen molar-refractivity contribution in [3.05, 3.63) is 58.7 Å². The van der Waals surface area contributed by atoms with Crippen molar-refractivity contribution in [2.45, 2.75) is 32.6 Å². The fraction of sp³-hybridized carbons (Fsp3) is 0.333. The predicted octanol–water partition coefficient (Wildman–Crippen LogP) is 2.81. The molecule has 0 heterocycles. The third kappa shape index (κ3) is 5.65. The Morgan fingerprint density at radius 2 is 1.59 bits per heavy atom. The lowest BCUT2D eigenvalue weighted by Crippen LogP contribution is -2.27. The van der Waals surface area contributed by atoms with Crippen molar-refractivity contribution >= 4 is 27.3 Å². The molecule has 0 aliphatic heterocycles. The van der Waals surface area contributed by atoms with Crippen LogP contribution in [0.5, 0.6) is 0 Å². The number of hydrazone groups is 1. The second-order valence-corrected chi connectivity index (χ2v) is 9.32. The molecule has 0 radical (unpaired) electrons. The molecule has 0 atom stereocenters. The van der Waals surface area contributed by atoms with Crippen LogP contribution in [0.25, 0.3) is 0 Å². The Bertz CT molecular complexity index is 1000. The molecular weight excluding hydrogens is 388 g/mol. The van der Waals surface area contributed by atoms with Gasteiger partial charge in [0.05, 0.1) is 17.2 Å². The zero-order chi connectivity index (χ0) is 21.8. The van der Waals surface area contributed by atoms with Crippen LogP contribution in [0, 0.1) is 20.8 Å². The first-order chi connectivity index (χ1) is 13.5. The molecule has 7 nitrogen and oxygen atoms in total. The molecular formula is C21H28N4O3S. The van der Waals surface area contributed by atoms with Gasteiger partial charge >= 0.3 is 0 Å². The molecule has 0 aromatic heterocycles. The van der Waals surface area contributed by atoms with Gasteiger partial charge in [-0.2, -0.15) is 5.10 Å². The van der Waals surface area contributed by atoms with E-state index in [1.807, 2.05) is 20.8 Å². The summed E-state index contributed by atoms with van der Waals surface area (Å²) in [7, 11) is -0.503. The number of nitrogens with zero attached hydrogens (tertiary/aromatic N) is 2. The van der Waals surface area contributed by atoms with Crippen LogP contribution in [0.15, 0.2) is 46.4 Å². The Morgan fingerprint density at radius 1 is 1.03 bits per heavy atom. The van der Waals surface area contributed by atoms with Gasteiger partial charge in [0.1, 0.15) is 0 Å². The summed E-state index contributed by atoms with van der Waals surface area (Å²) in [5.74, 6) is -0.268. The SMILES string of the molecule is C/C(=N/NC(=O)CNc1c(C)cc(C)cc1C)c1ccc(S(=O)(=O)N(C)C)cc1. The van der Waals surface area contributed by atoms with Crippen LogP contribution in [0.2, 0.25) is 0 Å². The average Bonchev–Trinajstić information content (AvgIpc) is 2.65. The summed E-state index contributed by atoms with van der Waals surface area (Å²) in [5, 5.41) is 7.26. The molecule has 156 valence electrons. The molecule has 0 saturated carbocycles. The van der Waals surface area contributed by atoms with Gasteiger partial charge in [0.25, 0.3) is 5.91 Å². The fourth-order valence-electron chi connectivity index (χ4n) is 2.96. The van der Waals surface area contributed by atoms with Gasteiger partial charge in [0.2, 0.25) is 10.0 Å². The van der Waals surface area contributed by atoms with Gasteiger partial charge in [0, 0.05) is 19.8 Å². The highest BCUT2D eigenvalue weighted by Gasteiger charge is 2.16. The summed E-state index contributed by atoms with van der Waals surface area (Å²) in [4.78, 5) is 12.3. The molecule has 0 spiro atoms. The van der Waals surface area contributed by atoms with E-state index >= 15 is 0 Å². The molecule has 1 amide bonds. The van der Waals surface area contributed by atoms with Crippen LogP contribution in [0.1, 0.15) is 29.2 Å². The van der Waals surface area contributed by atoms with Crippen LogP contribution in [0.3, 0.4) is 0 Å². The van der Waals surface area contributed by atoms with Crippen LogP contribution in [-0.4, -0.2) is 45.0 Å². The summed E-state index contributed by atoms with van der Waals surface area (Å²) in [5.41, 5.74) is 8.13. The summed E-state index contributed by atoms with van der Waals surface area (Å²) in [6, 6.07) is 10.5. The van der Waals surface area contributed by atoms with Crippen molar-refractivity contribution < 1.29 is 13.2 Å². The van der Waals surface area contributed by atoms with Gasteiger partial charge in [-0.3, -0.25) is 4.79 Å². The molecule has 0 fully saturated rings. The Labute approximate surface area is 172 Å². The van der Waals surface area contributed by atoms with Crippen LogP contribution in [-0.2, 0) is 14.8 Å². The number of carbonyl (C=O) groups excluding carboxylic acids is 1. The van der Waals surface area contributed by atoms with Gasteiger partial charge < -0.3 is 5.32 Å². The first-order valence-electron chi connectivity index (χ1n) is 9.20. The van der Waals surface area contributed by atoms with E-state index in [4.69, 9.17) is 0 Å². The smallest absolute Gasteiger partial charge is 0.259 e. The summed E-state index contributed by atoms with van der Waals surface area (Å²) in [6.45, 7) is 7.89. The van der Waals surface area contributed by atoms with Crippen molar-refractivity contribution in [3.63, 3.8) is 0 Å². The first kappa shape index (κ1) is 22.6. The summed E-state index contributed by atoms with van der Waals surface area (Å²) in [6.07, 6.45) is 0. The topological polar surface area (TPSA) is 90.9 Å². The number of anilines is 1. The minimum absolute atomic E-state index is 0.0987. The van der Waals surface area contributed by atoms with Crippen LogP contribution < -0.4 is 10.7 Å². The van der Waals surface area contributed by atoms with E-state index in [0.29, 0.717) is 5.71 Å². The molecule has 29 heavy (non-hydrogen) atoms. The third-order valence-corrected chi connectivity index (χ3v) is 6.33. The van der Waals surface area contributed by atoms with Crippen LogP contribution in [0.4, 0.5) is 5.69 Å². The van der Waals surface area contributed by atoms with Crippen molar-refractivity contribution in [1.82, 2.24) is 9.73 Å². The molecule has 2 aromatic carbocycles. The molecule has 0 unspecified atom stereocenters. The fourth-order valence-corrected chi connectivity index (χ4v) is 3.86. The molecule has 2 aromatic rings. The molecule has 0 bridgehead atoms. The van der Waals surface area contributed by atoms with E-state index in [2.05, 4.69) is 28.0 Å². The Kier molecular flexibility index (Phi) is 7.16. The highest BCUT2D eigenvalue weighted by molar-refractivity contribution is 7.89. The molecule has 2 N–H and O–H groups in total. The Hall–Kier alpha value is -2.71. The molecule has 0 saturated heterocycles. The largest absolute Gasteiger partial charge is 0.376 e. The zero-order valence-corrected chi connectivity index (χ0v) is 18.5. The van der Waals surface area contributed by atoms with E-state index < -0.39 is 10.0 Å². The van der Waals surface area contributed by atoms with E-state index in [-0.39, 0.29) is 17.3 Å². The highest BCUT2D eigenvalue weighted by Crippen LogP contribution is 2.21. The maximum Gasteiger partial charge on any atom is 0.259 e. The van der Waals surface area contributed by atoms with Crippen molar-refractivity contribution in [2.24, 2.45) is 5.10 Å². The number of amides is 1. The maximum atomic E-state index is 12.1. The number of sulfonamides is 1. The van der Waals surface area contributed by atoms with E-state index in [1.54, 1.807) is 19.1 Å². The Balaban J connectivity index is 2.00. The average molecular weight is 417 g/mol. The van der Waals surface area contributed by atoms with Crippen molar-refractivity contribution in [1.29, 1.82) is 0 Å². The van der Waals surface area contributed by atoms with E-state index in [1.165, 1.54) is 31.8 Å². The molecule has 0 aliphatic carbocycles. The Morgan fingerprint density at radius 3 is 2.10 bits per heavy atom. The molecule has 8 heteroatoms.